The van der Waals surface area contributed by atoms with Gasteiger partial charge in [0.05, 0.1) is 7.11 Å². The average Bonchev–Trinajstić information content (AvgIpc) is 2.37. The predicted octanol–water partition coefficient (Wildman–Crippen LogP) is 2.76. The molecule has 0 spiro atoms. The highest BCUT2D eigenvalue weighted by atomic mass is 16.5. The molecule has 94 valence electrons. The highest BCUT2D eigenvalue weighted by molar-refractivity contribution is 5.40. The summed E-state index contributed by atoms with van der Waals surface area (Å²) in [6, 6.07) is 5.91. The van der Waals surface area contributed by atoms with E-state index in [1.165, 1.54) is 0 Å². The minimum atomic E-state index is 0.586. The smallest absolute Gasteiger partial charge is 0.127 e. The van der Waals surface area contributed by atoms with Crippen molar-refractivity contribution in [2.45, 2.75) is 20.4 Å². The van der Waals surface area contributed by atoms with Crippen LogP contribution < -0.4 is 14.8 Å². The fourth-order valence-electron chi connectivity index (χ4n) is 1.44. The summed E-state index contributed by atoms with van der Waals surface area (Å²) in [7, 11) is 1.66. The SMILES string of the molecule is C/C=C/COc1cc(OC)ccc1CNCC. The minimum absolute atomic E-state index is 0.586. The molecule has 0 saturated heterocycles. The van der Waals surface area contributed by atoms with Crippen LogP contribution >= 0.6 is 0 Å². The van der Waals surface area contributed by atoms with Gasteiger partial charge in [0.1, 0.15) is 18.1 Å². The third-order valence-electron chi connectivity index (χ3n) is 2.41. The van der Waals surface area contributed by atoms with E-state index < -0.39 is 0 Å². The molecule has 3 heteroatoms. The Labute approximate surface area is 103 Å². The number of benzene rings is 1. The molecule has 1 N–H and O–H groups in total. The first kappa shape index (κ1) is 13.6. The molecular formula is C14H21NO2. The molecule has 0 radical (unpaired) electrons. The molecule has 0 saturated carbocycles. The maximum absolute atomic E-state index is 5.71. The maximum Gasteiger partial charge on any atom is 0.127 e. The van der Waals surface area contributed by atoms with Crippen molar-refractivity contribution in [3.63, 3.8) is 0 Å². The topological polar surface area (TPSA) is 30.5 Å². The number of ether oxygens (including phenoxy) is 2. The van der Waals surface area contributed by atoms with Crippen molar-refractivity contribution >= 4 is 0 Å². The molecule has 0 fully saturated rings. The van der Waals surface area contributed by atoms with E-state index in [2.05, 4.69) is 12.2 Å². The molecule has 0 bridgehead atoms. The summed E-state index contributed by atoms with van der Waals surface area (Å²) < 4.78 is 10.9. The second-order valence-corrected chi connectivity index (χ2v) is 3.63. The molecule has 0 aliphatic carbocycles. The molecule has 1 rings (SSSR count). The van der Waals surface area contributed by atoms with E-state index in [4.69, 9.17) is 9.47 Å². The van der Waals surface area contributed by atoms with E-state index in [1.807, 2.05) is 37.3 Å². The van der Waals surface area contributed by atoms with Gasteiger partial charge in [0.25, 0.3) is 0 Å². The Morgan fingerprint density at radius 3 is 2.82 bits per heavy atom. The molecule has 0 atom stereocenters. The second kappa shape index (κ2) is 7.74. The molecule has 0 aliphatic heterocycles. The molecule has 0 aromatic heterocycles. The fraction of sp³-hybridized carbons (Fsp3) is 0.429. The summed E-state index contributed by atoms with van der Waals surface area (Å²) in [6.45, 7) is 6.41. The van der Waals surface area contributed by atoms with Crippen LogP contribution in [0.2, 0.25) is 0 Å². The van der Waals surface area contributed by atoms with Gasteiger partial charge < -0.3 is 14.8 Å². The van der Waals surface area contributed by atoms with Crippen LogP contribution in [0.25, 0.3) is 0 Å². The van der Waals surface area contributed by atoms with Crippen LogP contribution in [-0.4, -0.2) is 20.3 Å². The number of hydrogen-bond acceptors (Lipinski definition) is 3. The van der Waals surface area contributed by atoms with Gasteiger partial charge in [-0.3, -0.25) is 0 Å². The number of allylic oxidation sites excluding steroid dienone is 1. The highest BCUT2D eigenvalue weighted by Gasteiger charge is 2.04. The van der Waals surface area contributed by atoms with E-state index in [0.717, 1.165) is 30.2 Å². The van der Waals surface area contributed by atoms with Crippen LogP contribution in [0.1, 0.15) is 19.4 Å². The normalized spacial score (nSPS) is 10.8. The number of rotatable bonds is 7. The molecule has 1 aromatic rings. The second-order valence-electron chi connectivity index (χ2n) is 3.63. The number of nitrogens with one attached hydrogen (secondary N) is 1. The van der Waals surface area contributed by atoms with E-state index in [9.17, 15) is 0 Å². The molecule has 0 aliphatic rings. The lowest BCUT2D eigenvalue weighted by Crippen LogP contribution is -2.13. The largest absolute Gasteiger partial charge is 0.497 e. The zero-order valence-electron chi connectivity index (χ0n) is 10.8. The quantitative estimate of drug-likeness (QED) is 0.737. The van der Waals surface area contributed by atoms with Gasteiger partial charge in [0.15, 0.2) is 0 Å². The lowest BCUT2D eigenvalue weighted by atomic mass is 10.2. The summed E-state index contributed by atoms with van der Waals surface area (Å²) in [6.07, 6.45) is 3.96. The van der Waals surface area contributed by atoms with Gasteiger partial charge in [-0.2, -0.15) is 0 Å². The van der Waals surface area contributed by atoms with Crippen LogP contribution in [-0.2, 0) is 6.54 Å². The molecular weight excluding hydrogens is 214 g/mol. The monoisotopic (exact) mass is 235 g/mol. The lowest BCUT2D eigenvalue weighted by Gasteiger charge is -2.12. The first-order chi connectivity index (χ1) is 8.31. The van der Waals surface area contributed by atoms with Crippen molar-refractivity contribution in [3.8, 4) is 11.5 Å². The van der Waals surface area contributed by atoms with E-state index in [-0.39, 0.29) is 0 Å². The van der Waals surface area contributed by atoms with Gasteiger partial charge in [0.2, 0.25) is 0 Å². The Balaban J connectivity index is 2.78. The zero-order chi connectivity index (χ0) is 12.5. The molecule has 1 aromatic carbocycles. The van der Waals surface area contributed by atoms with Gasteiger partial charge in [-0.25, -0.2) is 0 Å². The van der Waals surface area contributed by atoms with Crippen molar-refractivity contribution < 1.29 is 9.47 Å². The van der Waals surface area contributed by atoms with Crippen molar-refractivity contribution in [2.24, 2.45) is 0 Å². The van der Waals surface area contributed by atoms with Gasteiger partial charge >= 0.3 is 0 Å². The number of hydrogen-bond donors (Lipinski definition) is 1. The third-order valence-corrected chi connectivity index (χ3v) is 2.41. The van der Waals surface area contributed by atoms with Crippen molar-refractivity contribution in [3.05, 3.63) is 35.9 Å². The van der Waals surface area contributed by atoms with E-state index in [0.29, 0.717) is 6.61 Å². The van der Waals surface area contributed by atoms with Crippen LogP contribution in [0.5, 0.6) is 11.5 Å². The summed E-state index contributed by atoms with van der Waals surface area (Å²) >= 11 is 0. The average molecular weight is 235 g/mol. The molecule has 3 nitrogen and oxygen atoms in total. The third kappa shape index (κ3) is 4.49. The highest BCUT2D eigenvalue weighted by Crippen LogP contribution is 2.24. The summed E-state index contributed by atoms with van der Waals surface area (Å²) in [5.74, 6) is 1.70. The Morgan fingerprint density at radius 2 is 2.18 bits per heavy atom. The van der Waals surface area contributed by atoms with Gasteiger partial charge in [-0.05, 0) is 19.5 Å². The van der Waals surface area contributed by atoms with Crippen molar-refractivity contribution in [1.82, 2.24) is 5.32 Å². The van der Waals surface area contributed by atoms with Gasteiger partial charge in [-0.1, -0.05) is 25.1 Å². The Bertz CT molecular complexity index is 361. The lowest BCUT2D eigenvalue weighted by molar-refractivity contribution is 0.351. The summed E-state index contributed by atoms with van der Waals surface area (Å²) in [5.41, 5.74) is 1.15. The minimum Gasteiger partial charge on any atom is -0.497 e. The Morgan fingerprint density at radius 1 is 1.35 bits per heavy atom. The Hall–Kier alpha value is -1.48. The first-order valence-electron chi connectivity index (χ1n) is 5.93. The molecule has 0 amide bonds. The summed E-state index contributed by atoms with van der Waals surface area (Å²) in [5, 5.41) is 3.29. The van der Waals surface area contributed by atoms with Gasteiger partial charge in [0, 0.05) is 18.2 Å². The maximum atomic E-state index is 5.71. The predicted molar refractivity (Wildman–Crippen MR) is 70.7 cm³/mol. The molecule has 17 heavy (non-hydrogen) atoms. The van der Waals surface area contributed by atoms with Gasteiger partial charge in [-0.15, -0.1) is 0 Å². The standard InChI is InChI=1S/C14H21NO2/c1-4-6-9-17-14-10-13(16-3)8-7-12(14)11-15-5-2/h4,6-8,10,15H,5,9,11H2,1-3H3/b6-4+. The van der Waals surface area contributed by atoms with Crippen molar-refractivity contribution in [2.75, 3.05) is 20.3 Å². The van der Waals surface area contributed by atoms with E-state index in [1.54, 1.807) is 7.11 Å². The molecule has 0 heterocycles. The first-order valence-corrected chi connectivity index (χ1v) is 5.93. The van der Waals surface area contributed by atoms with Crippen LogP contribution in [0, 0.1) is 0 Å². The number of methoxy groups -OCH3 is 1. The van der Waals surface area contributed by atoms with E-state index >= 15 is 0 Å². The molecule has 0 unspecified atom stereocenters. The van der Waals surface area contributed by atoms with Crippen molar-refractivity contribution in [1.29, 1.82) is 0 Å². The van der Waals surface area contributed by atoms with Crippen LogP contribution in [0.4, 0.5) is 0 Å². The van der Waals surface area contributed by atoms with Crippen LogP contribution in [0.3, 0.4) is 0 Å². The Kier molecular flexibility index (Phi) is 6.18. The zero-order valence-corrected chi connectivity index (χ0v) is 10.8. The summed E-state index contributed by atoms with van der Waals surface area (Å²) in [4.78, 5) is 0. The van der Waals surface area contributed by atoms with Crippen LogP contribution in [0.15, 0.2) is 30.4 Å². The fourth-order valence-corrected chi connectivity index (χ4v) is 1.44.